The van der Waals surface area contributed by atoms with Gasteiger partial charge in [-0.3, -0.25) is 4.79 Å². The van der Waals surface area contributed by atoms with Gasteiger partial charge < -0.3 is 5.11 Å². The van der Waals surface area contributed by atoms with Crippen molar-refractivity contribution in [3.05, 3.63) is 35.6 Å². The molecule has 1 aromatic rings. The number of halogens is 1. The molecule has 0 bridgehead atoms. The van der Waals surface area contributed by atoms with E-state index in [1.165, 1.54) is 12.1 Å². The number of rotatable bonds is 2. The second-order valence-electron chi connectivity index (χ2n) is 4.78. The summed E-state index contributed by atoms with van der Waals surface area (Å²) in [4.78, 5) is 11.3. The summed E-state index contributed by atoms with van der Waals surface area (Å²) in [5.41, 5.74) is -0.362. The third-order valence-electron chi connectivity index (χ3n) is 3.44. The molecule has 3 heteroatoms. The van der Waals surface area contributed by atoms with Crippen molar-refractivity contribution in [3.63, 3.8) is 0 Å². The lowest BCUT2D eigenvalue weighted by molar-refractivity contribution is -0.141. The molecule has 0 heterocycles. The average molecular weight is 208 g/mol. The van der Waals surface area contributed by atoms with Gasteiger partial charge >= 0.3 is 5.97 Å². The van der Waals surface area contributed by atoms with Crippen LogP contribution >= 0.6 is 0 Å². The molecule has 0 spiro atoms. The Bertz CT molecular complexity index is 408. The molecule has 0 aliphatic heterocycles. The second kappa shape index (κ2) is 2.81. The highest BCUT2D eigenvalue weighted by atomic mass is 19.1. The Hall–Kier alpha value is -1.38. The molecule has 1 atom stereocenters. The maximum Gasteiger partial charge on any atom is 0.314 e. The molecule has 0 radical (unpaired) electrons. The molecule has 0 saturated heterocycles. The molecule has 80 valence electrons. The van der Waals surface area contributed by atoms with Crippen LogP contribution in [0.2, 0.25) is 0 Å². The first-order valence-corrected chi connectivity index (χ1v) is 4.90. The van der Waals surface area contributed by atoms with E-state index in [1.807, 2.05) is 13.8 Å². The van der Waals surface area contributed by atoms with E-state index in [4.69, 9.17) is 0 Å². The highest BCUT2D eigenvalue weighted by Gasteiger charge is 2.67. The molecule has 1 aliphatic rings. The van der Waals surface area contributed by atoms with Crippen LogP contribution in [-0.2, 0) is 10.2 Å². The van der Waals surface area contributed by atoms with Crippen LogP contribution in [0.1, 0.15) is 25.8 Å². The Labute approximate surface area is 87.7 Å². The number of benzene rings is 1. The minimum Gasteiger partial charge on any atom is -0.481 e. The van der Waals surface area contributed by atoms with Crippen LogP contribution in [0.4, 0.5) is 4.39 Å². The van der Waals surface area contributed by atoms with E-state index in [9.17, 15) is 14.3 Å². The average Bonchev–Trinajstić information content (AvgIpc) is 2.72. The van der Waals surface area contributed by atoms with Gasteiger partial charge in [0.05, 0.1) is 5.41 Å². The van der Waals surface area contributed by atoms with Gasteiger partial charge in [-0.25, -0.2) is 4.39 Å². The Kier molecular flexibility index (Phi) is 1.90. The third kappa shape index (κ3) is 1.26. The molecule has 1 aliphatic carbocycles. The normalized spacial score (nSPS) is 27.4. The van der Waals surface area contributed by atoms with Gasteiger partial charge in [0.1, 0.15) is 5.82 Å². The lowest BCUT2D eigenvalue weighted by atomic mass is 9.88. The summed E-state index contributed by atoms with van der Waals surface area (Å²) in [5.74, 6) is -1.16. The molecule has 2 nitrogen and oxygen atoms in total. The van der Waals surface area contributed by atoms with Crippen LogP contribution < -0.4 is 0 Å². The summed E-state index contributed by atoms with van der Waals surface area (Å²) in [7, 11) is 0. The first-order chi connectivity index (χ1) is 6.90. The van der Waals surface area contributed by atoms with Gasteiger partial charge in [-0.05, 0) is 29.5 Å². The summed E-state index contributed by atoms with van der Waals surface area (Å²) in [5, 5.41) is 9.27. The molecule has 0 unspecified atom stereocenters. The van der Waals surface area contributed by atoms with Crippen molar-refractivity contribution in [2.75, 3.05) is 0 Å². The number of hydrogen-bond donors (Lipinski definition) is 1. The summed E-state index contributed by atoms with van der Waals surface area (Å²) >= 11 is 0. The Balaban J connectivity index is 2.45. The summed E-state index contributed by atoms with van der Waals surface area (Å²) in [6, 6.07) is 5.76. The zero-order chi connectivity index (χ0) is 11.3. The molecule has 0 amide bonds. The van der Waals surface area contributed by atoms with Crippen molar-refractivity contribution in [1.29, 1.82) is 0 Å². The maximum atomic E-state index is 12.7. The van der Waals surface area contributed by atoms with Gasteiger partial charge in [-0.15, -0.1) is 0 Å². The van der Waals surface area contributed by atoms with Gasteiger partial charge in [-0.1, -0.05) is 26.0 Å². The van der Waals surface area contributed by atoms with Crippen LogP contribution in [0.3, 0.4) is 0 Å². The van der Waals surface area contributed by atoms with Crippen molar-refractivity contribution in [1.82, 2.24) is 0 Å². The molecule has 15 heavy (non-hydrogen) atoms. The molecule has 1 aromatic carbocycles. The molecule has 1 fully saturated rings. The fourth-order valence-corrected chi connectivity index (χ4v) is 2.33. The minimum absolute atomic E-state index is 0.239. The number of carbonyl (C=O) groups is 1. The standard InChI is InChI=1S/C12H13FO2/c1-11(2)7-12(11,10(14)15)8-3-5-9(13)6-4-8/h3-6H,7H2,1-2H3,(H,14,15)/t12-/m0/s1. The Morgan fingerprint density at radius 2 is 1.80 bits per heavy atom. The van der Waals surface area contributed by atoms with E-state index in [-0.39, 0.29) is 11.2 Å². The summed E-state index contributed by atoms with van der Waals surface area (Å²) in [6.07, 6.45) is 0.612. The molecule has 0 aromatic heterocycles. The van der Waals surface area contributed by atoms with E-state index in [2.05, 4.69) is 0 Å². The van der Waals surface area contributed by atoms with Gasteiger partial charge in [-0.2, -0.15) is 0 Å². The Morgan fingerprint density at radius 1 is 1.33 bits per heavy atom. The van der Waals surface area contributed by atoms with Crippen LogP contribution in [0.15, 0.2) is 24.3 Å². The van der Waals surface area contributed by atoms with Gasteiger partial charge in [0.15, 0.2) is 0 Å². The SMILES string of the molecule is CC1(C)C[C@@]1(C(=O)O)c1ccc(F)cc1. The zero-order valence-electron chi connectivity index (χ0n) is 8.75. The number of aliphatic carboxylic acids is 1. The van der Waals surface area contributed by atoms with Gasteiger partial charge in [0, 0.05) is 0 Å². The van der Waals surface area contributed by atoms with E-state index in [1.54, 1.807) is 12.1 Å². The topological polar surface area (TPSA) is 37.3 Å². The molecular formula is C12H13FO2. The Morgan fingerprint density at radius 3 is 2.13 bits per heavy atom. The highest BCUT2D eigenvalue weighted by Crippen LogP contribution is 2.64. The van der Waals surface area contributed by atoms with Crippen LogP contribution in [-0.4, -0.2) is 11.1 Å². The van der Waals surface area contributed by atoms with Crippen LogP contribution in [0.5, 0.6) is 0 Å². The second-order valence-corrected chi connectivity index (χ2v) is 4.78. The van der Waals surface area contributed by atoms with E-state index in [0.29, 0.717) is 12.0 Å². The molecule has 2 rings (SSSR count). The smallest absolute Gasteiger partial charge is 0.314 e. The predicted molar refractivity (Wildman–Crippen MR) is 54.1 cm³/mol. The quantitative estimate of drug-likeness (QED) is 0.811. The number of hydrogen-bond acceptors (Lipinski definition) is 1. The summed E-state index contributed by atoms with van der Waals surface area (Å²) < 4.78 is 12.7. The third-order valence-corrected chi connectivity index (χ3v) is 3.44. The lowest BCUT2D eigenvalue weighted by Crippen LogP contribution is -2.25. The fraction of sp³-hybridized carbons (Fsp3) is 0.417. The van der Waals surface area contributed by atoms with E-state index in [0.717, 1.165) is 0 Å². The first kappa shape index (κ1) is 10.1. The zero-order valence-corrected chi connectivity index (χ0v) is 8.75. The van der Waals surface area contributed by atoms with Crippen LogP contribution in [0.25, 0.3) is 0 Å². The molecule has 1 saturated carbocycles. The van der Waals surface area contributed by atoms with E-state index < -0.39 is 11.4 Å². The first-order valence-electron chi connectivity index (χ1n) is 4.90. The fourth-order valence-electron chi connectivity index (χ4n) is 2.33. The molecular weight excluding hydrogens is 195 g/mol. The predicted octanol–water partition coefficient (Wildman–Crippen LogP) is 2.58. The minimum atomic E-state index is -0.820. The van der Waals surface area contributed by atoms with Crippen molar-refractivity contribution >= 4 is 5.97 Å². The van der Waals surface area contributed by atoms with E-state index >= 15 is 0 Å². The maximum absolute atomic E-state index is 12.7. The van der Waals surface area contributed by atoms with Crippen molar-refractivity contribution < 1.29 is 14.3 Å². The lowest BCUT2D eigenvalue weighted by Gasteiger charge is -2.15. The number of carboxylic acid groups (broad SMARTS) is 1. The highest BCUT2D eigenvalue weighted by molar-refractivity contribution is 5.87. The van der Waals surface area contributed by atoms with Crippen molar-refractivity contribution in [2.45, 2.75) is 25.7 Å². The van der Waals surface area contributed by atoms with Crippen molar-refractivity contribution in [3.8, 4) is 0 Å². The number of carboxylic acids is 1. The van der Waals surface area contributed by atoms with Gasteiger partial charge in [0.2, 0.25) is 0 Å². The largest absolute Gasteiger partial charge is 0.481 e. The molecule has 1 N–H and O–H groups in total. The van der Waals surface area contributed by atoms with Crippen LogP contribution in [0, 0.1) is 11.2 Å². The monoisotopic (exact) mass is 208 g/mol. The van der Waals surface area contributed by atoms with Crippen molar-refractivity contribution in [2.24, 2.45) is 5.41 Å². The van der Waals surface area contributed by atoms with Gasteiger partial charge in [0.25, 0.3) is 0 Å². The summed E-state index contributed by atoms with van der Waals surface area (Å²) in [6.45, 7) is 3.84.